The van der Waals surface area contributed by atoms with E-state index in [2.05, 4.69) is 5.32 Å². The Morgan fingerprint density at radius 2 is 1.71 bits per heavy atom. The van der Waals surface area contributed by atoms with Crippen molar-refractivity contribution in [2.45, 2.75) is 31.6 Å². The highest BCUT2D eigenvalue weighted by atomic mass is 35.5. The summed E-state index contributed by atoms with van der Waals surface area (Å²) in [5.41, 5.74) is 0.607. The van der Waals surface area contributed by atoms with Crippen molar-refractivity contribution in [3.8, 4) is 5.69 Å². The van der Waals surface area contributed by atoms with Gasteiger partial charge in [-0.2, -0.15) is 18.3 Å². The summed E-state index contributed by atoms with van der Waals surface area (Å²) in [4.78, 5) is 43.1. The quantitative estimate of drug-likeness (QED) is 0.203. The number of para-hydroxylation sites is 1. The maximum Gasteiger partial charge on any atom is 0.416 e. The van der Waals surface area contributed by atoms with Gasteiger partial charge in [0.25, 0.3) is 11.8 Å². The minimum atomic E-state index is -4.69. The number of benzene rings is 3. The molecule has 1 aliphatic heterocycles. The second kappa shape index (κ2) is 12.7. The number of amides is 3. The lowest BCUT2D eigenvalue weighted by Crippen LogP contribution is -2.55. The third-order valence-electron chi connectivity index (χ3n) is 7.62. The molecular formula is C32H28ClF4N5O3. The predicted octanol–water partition coefficient (Wildman–Crippen LogP) is 5.52. The number of likely N-dealkylation sites (N-methyl/N-ethyl adjacent to an activating group) is 1. The van der Waals surface area contributed by atoms with E-state index >= 15 is 0 Å². The zero-order chi connectivity index (χ0) is 32.5. The highest BCUT2D eigenvalue weighted by Crippen LogP contribution is 2.44. The Bertz CT molecular complexity index is 1730. The number of nitrogens with zero attached hydrogens (tertiary/aromatic N) is 4. The summed E-state index contributed by atoms with van der Waals surface area (Å²) < 4.78 is 56.0. The minimum absolute atomic E-state index is 0.0224. The maximum atomic E-state index is 14.3. The van der Waals surface area contributed by atoms with Crippen LogP contribution in [0.15, 0.2) is 78.9 Å². The molecule has 2 heterocycles. The van der Waals surface area contributed by atoms with Gasteiger partial charge in [-0.05, 0) is 55.0 Å². The van der Waals surface area contributed by atoms with Gasteiger partial charge < -0.3 is 10.2 Å². The normalized spacial score (nSPS) is 16.3. The number of anilines is 1. The number of nitrogens with one attached hydrogen (secondary N) is 1. The van der Waals surface area contributed by atoms with Gasteiger partial charge in [-0.1, -0.05) is 36.4 Å². The van der Waals surface area contributed by atoms with E-state index in [0.29, 0.717) is 34.4 Å². The molecule has 0 unspecified atom stereocenters. The van der Waals surface area contributed by atoms with Crippen LogP contribution in [0.2, 0.25) is 0 Å². The maximum absolute atomic E-state index is 14.3. The predicted molar refractivity (Wildman–Crippen MR) is 160 cm³/mol. The summed E-state index contributed by atoms with van der Waals surface area (Å²) in [6.45, 7) is 1.86. The molecule has 45 heavy (non-hydrogen) atoms. The molecule has 0 aliphatic carbocycles. The van der Waals surface area contributed by atoms with E-state index in [4.69, 9.17) is 16.7 Å². The topological polar surface area (TPSA) is 87.5 Å². The summed E-state index contributed by atoms with van der Waals surface area (Å²) in [5, 5.41) is 7.49. The number of hydrogen-bond acceptors (Lipinski definition) is 4. The second-order valence-corrected chi connectivity index (χ2v) is 10.7. The third-order valence-corrected chi connectivity index (χ3v) is 7.85. The van der Waals surface area contributed by atoms with Crippen LogP contribution in [0, 0.1) is 5.82 Å². The average molecular weight is 642 g/mol. The molecule has 0 saturated carbocycles. The smallest absolute Gasteiger partial charge is 0.339 e. The number of carbonyl (C=O) groups excluding carboxylic acids is 3. The zero-order valence-corrected chi connectivity index (χ0v) is 24.9. The highest BCUT2D eigenvalue weighted by Gasteiger charge is 2.46. The summed E-state index contributed by atoms with van der Waals surface area (Å²) in [5.74, 6) is -3.23. The molecule has 1 aliphatic rings. The molecule has 5 rings (SSSR count). The van der Waals surface area contributed by atoms with E-state index in [0.717, 1.165) is 12.1 Å². The van der Waals surface area contributed by atoms with Crippen molar-refractivity contribution in [2.24, 2.45) is 0 Å². The lowest BCUT2D eigenvalue weighted by atomic mass is 9.80. The molecule has 3 amide bonds. The van der Waals surface area contributed by atoms with Crippen LogP contribution in [0.1, 0.15) is 45.6 Å². The Balaban J connectivity index is 1.71. The monoisotopic (exact) mass is 641 g/mol. The van der Waals surface area contributed by atoms with E-state index in [-0.39, 0.29) is 30.4 Å². The number of halogens is 5. The fourth-order valence-corrected chi connectivity index (χ4v) is 5.65. The van der Waals surface area contributed by atoms with E-state index in [1.54, 1.807) is 42.9 Å². The van der Waals surface area contributed by atoms with Crippen molar-refractivity contribution in [3.63, 3.8) is 0 Å². The van der Waals surface area contributed by atoms with Gasteiger partial charge in [-0.3, -0.25) is 19.3 Å². The van der Waals surface area contributed by atoms with Crippen molar-refractivity contribution < 1.29 is 31.9 Å². The second-order valence-electron chi connectivity index (χ2n) is 10.5. The molecule has 3 aromatic carbocycles. The SMILES string of the molecule is CCN1C(=O)[C@@H](NC(=O)c2cccc(C(F)(F)F)c2)[C@@H](c2ccc(F)cc2)c2c(CN(C)C(=O)CCl)nn(-c3ccccc3)c21. The molecule has 0 fully saturated rings. The third kappa shape index (κ3) is 6.28. The van der Waals surface area contributed by atoms with Gasteiger partial charge in [0.15, 0.2) is 0 Å². The van der Waals surface area contributed by atoms with Crippen LogP contribution in [-0.2, 0) is 22.3 Å². The lowest BCUT2D eigenvalue weighted by Gasteiger charge is -2.38. The fourth-order valence-electron chi connectivity index (χ4n) is 5.45. The number of rotatable bonds is 8. The van der Waals surface area contributed by atoms with E-state index in [9.17, 15) is 31.9 Å². The van der Waals surface area contributed by atoms with Crippen molar-refractivity contribution in [1.29, 1.82) is 0 Å². The first kappa shape index (κ1) is 31.7. The summed E-state index contributed by atoms with van der Waals surface area (Å²) >= 11 is 5.82. The molecule has 0 radical (unpaired) electrons. The van der Waals surface area contributed by atoms with Crippen LogP contribution in [0.3, 0.4) is 0 Å². The number of fused-ring (bicyclic) bond motifs is 1. The Kier molecular flexibility index (Phi) is 8.96. The molecule has 8 nitrogen and oxygen atoms in total. The molecule has 1 aromatic heterocycles. The molecule has 0 saturated heterocycles. The van der Waals surface area contributed by atoms with Crippen LogP contribution in [-0.4, -0.2) is 57.9 Å². The van der Waals surface area contributed by atoms with Gasteiger partial charge in [0, 0.05) is 30.6 Å². The Morgan fingerprint density at radius 1 is 1.02 bits per heavy atom. The van der Waals surface area contributed by atoms with Gasteiger partial charge >= 0.3 is 6.18 Å². The molecule has 4 aromatic rings. The van der Waals surface area contributed by atoms with E-state index < -0.39 is 41.3 Å². The van der Waals surface area contributed by atoms with Gasteiger partial charge in [-0.15, -0.1) is 11.6 Å². The van der Waals surface area contributed by atoms with Crippen LogP contribution < -0.4 is 10.2 Å². The van der Waals surface area contributed by atoms with Crippen molar-refractivity contribution >= 4 is 35.1 Å². The molecule has 0 spiro atoms. The van der Waals surface area contributed by atoms with Crippen molar-refractivity contribution in [1.82, 2.24) is 20.0 Å². The Morgan fingerprint density at radius 3 is 2.33 bits per heavy atom. The van der Waals surface area contributed by atoms with E-state index in [1.165, 1.54) is 40.1 Å². The number of carbonyl (C=O) groups is 3. The first-order valence-electron chi connectivity index (χ1n) is 14.0. The molecule has 234 valence electrons. The van der Waals surface area contributed by atoms with Gasteiger partial charge in [0.05, 0.1) is 23.5 Å². The number of alkyl halides is 4. The fraction of sp³-hybridized carbons (Fsp3) is 0.250. The van der Waals surface area contributed by atoms with Gasteiger partial charge in [0.2, 0.25) is 5.91 Å². The summed E-state index contributed by atoms with van der Waals surface area (Å²) in [6.07, 6.45) is -4.69. The van der Waals surface area contributed by atoms with Gasteiger partial charge in [-0.25, -0.2) is 9.07 Å². The molecule has 0 bridgehead atoms. The molecule has 2 atom stereocenters. The van der Waals surface area contributed by atoms with Crippen molar-refractivity contribution in [3.05, 3.63) is 113 Å². The first-order chi connectivity index (χ1) is 21.4. The van der Waals surface area contributed by atoms with E-state index in [1.807, 2.05) is 6.07 Å². The van der Waals surface area contributed by atoms with Gasteiger partial charge in [0.1, 0.15) is 23.6 Å². The highest BCUT2D eigenvalue weighted by molar-refractivity contribution is 6.27. The molecule has 13 heteroatoms. The average Bonchev–Trinajstić information content (AvgIpc) is 3.39. The van der Waals surface area contributed by atoms with Crippen LogP contribution in [0.5, 0.6) is 0 Å². The van der Waals surface area contributed by atoms with Crippen molar-refractivity contribution in [2.75, 3.05) is 24.4 Å². The standard InChI is InChI=1S/C32H28ClF4N5O3/c1-3-41-30-27(24(18-40(2)25(43)17-33)39-42(30)23-10-5-4-6-11-23)26(19-12-14-22(34)15-13-19)28(31(41)45)38-29(44)20-8-7-9-21(16-20)32(35,36)37/h4-16,26,28H,3,17-18H2,1-2H3,(H,38,44)/t26-,28-/m0/s1. The first-order valence-corrected chi connectivity index (χ1v) is 14.5. The minimum Gasteiger partial charge on any atom is -0.339 e. The Labute approximate surface area is 261 Å². The largest absolute Gasteiger partial charge is 0.416 e. The van der Waals surface area contributed by atoms with Crippen LogP contribution in [0.4, 0.5) is 23.4 Å². The summed E-state index contributed by atoms with van der Waals surface area (Å²) in [6, 6.07) is 16.9. The van der Waals surface area contributed by atoms with Crippen LogP contribution >= 0.6 is 11.6 Å². The number of aromatic nitrogens is 2. The zero-order valence-electron chi connectivity index (χ0n) is 24.2. The lowest BCUT2D eigenvalue weighted by molar-refractivity contribution is -0.137. The molecular weight excluding hydrogens is 614 g/mol. The number of hydrogen-bond donors (Lipinski definition) is 1. The van der Waals surface area contributed by atoms with Crippen LogP contribution in [0.25, 0.3) is 5.69 Å². The summed E-state index contributed by atoms with van der Waals surface area (Å²) in [7, 11) is 1.55. The Hall–Kier alpha value is -4.71. The molecule has 1 N–H and O–H groups in total.